The zero-order valence-electron chi connectivity index (χ0n) is 17.9. The predicted molar refractivity (Wildman–Crippen MR) is 117 cm³/mol. The number of hydrogen-bond acceptors (Lipinski definition) is 3. The van der Waals surface area contributed by atoms with E-state index in [1.54, 1.807) is 18.2 Å². The van der Waals surface area contributed by atoms with Crippen LogP contribution in [0.15, 0.2) is 83.8 Å². The molecule has 4 nitrogen and oxygen atoms in total. The van der Waals surface area contributed by atoms with Gasteiger partial charge in [0.25, 0.3) is 0 Å². The van der Waals surface area contributed by atoms with Gasteiger partial charge in [-0.05, 0) is 42.0 Å². The summed E-state index contributed by atoms with van der Waals surface area (Å²) in [6.07, 6.45) is -4.99. The van der Waals surface area contributed by atoms with E-state index < -0.39 is 39.0 Å². The van der Waals surface area contributed by atoms with Crippen LogP contribution in [0, 0.1) is 5.82 Å². The fourth-order valence-electron chi connectivity index (χ4n) is 3.54. The second kappa shape index (κ2) is 8.56. The Labute approximate surface area is 196 Å². The largest absolute Gasteiger partial charge is 0.459 e. The molecule has 4 aromatic rings. The van der Waals surface area contributed by atoms with Crippen LogP contribution in [-0.2, 0) is 15.8 Å². The van der Waals surface area contributed by atoms with Crippen LogP contribution in [0.4, 0.5) is 26.3 Å². The second-order valence-electron chi connectivity index (χ2n) is 7.70. The van der Waals surface area contributed by atoms with Crippen LogP contribution >= 0.6 is 0 Å². The molecule has 35 heavy (non-hydrogen) atoms. The number of halogens is 6. The van der Waals surface area contributed by atoms with Crippen molar-refractivity contribution in [3.63, 3.8) is 0 Å². The highest BCUT2D eigenvalue weighted by Crippen LogP contribution is 2.49. The third-order valence-electron chi connectivity index (χ3n) is 5.23. The van der Waals surface area contributed by atoms with Crippen molar-refractivity contribution in [2.45, 2.75) is 17.0 Å². The third-order valence-corrected chi connectivity index (χ3v) is 6.36. The number of nitrogens with zero attached hydrogens (tertiary/aromatic N) is 2. The lowest BCUT2D eigenvalue weighted by atomic mass is 9.96. The smallest absolute Gasteiger partial charge is 0.232 e. The molecule has 11 heteroatoms. The van der Waals surface area contributed by atoms with E-state index >= 15 is 0 Å². The van der Waals surface area contributed by atoms with Crippen molar-refractivity contribution in [2.75, 3.05) is 6.26 Å². The van der Waals surface area contributed by atoms with Gasteiger partial charge in [-0.15, -0.1) is 0 Å². The first-order chi connectivity index (χ1) is 16.3. The van der Waals surface area contributed by atoms with E-state index in [-0.39, 0.29) is 27.4 Å². The Balaban J connectivity index is 2.12. The minimum atomic E-state index is -5.96. The first-order valence-electron chi connectivity index (χ1n) is 10.0. The molecule has 0 saturated heterocycles. The molecule has 3 aromatic carbocycles. The van der Waals surface area contributed by atoms with E-state index in [4.69, 9.17) is 0 Å². The van der Waals surface area contributed by atoms with Crippen molar-refractivity contribution in [3.05, 3.63) is 90.4 Å². The molecule has 182 valence electrons. The summed E-state index contributed by atoms with van der Waals surface area (Å²) in [5.41, 5.74) is -2.11. The average Bonchev–Trinajstić information content (AvgIpc) is 3.20. The van der Waals surface area contributed by atoms with Gasteiger partial charge in [-0.25, -0.2) is 17.5 Å². The maximum absolute atomic E-state index is 14.8. The Kier molecular flexibility index (Phi) is 6.00. The summed E-state index contributed by atoms with van der Waals surface area (Å²) in [5, 5.41) is 3.70. The molecule has 0 aliphatic carbocycles. The van der Waals surface area contributed by atoms with Crippen molar-refractivity contribution < 1.29 is 34.8 Å². The van der Waals surface area contributed by atoms with Crippen molar-refractivity contribution >= 4 is 9.84 Å². The van der Waals surface area contributed by atoms with E-state index in [9.17, 15) is 34.8 Å². The Morgan fingerprint density at radius 1 is 0.771 bits per heavy atom. The SMILES string of the molecule is CS(=O)(=O)c1ccc(-c2c(-c3ccc(F)cc3)c(C(F)(F)C(F)(F)F)nn2-c2ccccc2)cc1. The summed E-state index contributed by atoms with van der Waals surface area (Å²) < 4.78 is 108. The average molecular weight is 510 g/mol. The standard InChI is InChI=1S/C24H16F6N2O2S/c1-35(33,34)19-13-9-16(10-14-19)21-20(15-7-11-17(25)12-8-15)22(23(26,27)24(28,29)30)31-32(21)18-5-3-2-4-6-18/h2-14H,1H3. The third kappa shape index (κ3) is 4.55. The Bertz CT molecular complexity index is 1460. The van der Waals surface area contributed by atoms with E-state index in [1.165, 1.54) is 36.4 Å². The molecule has 0 aliphatic heterocycles. The van der Waals surface area contributed by atoms with Gasteiger partial charge in [-0.1, -0.05) is 42.5 Å². The van der Waals surface area contributed by atoms with Gasteiger partial charge in [-0.3, -0.25) is 0 Å². The van der Waals surface area contributed by atoms with Crippen LogP contribution in [0.3, 0.4) is 0 Å². The highest BCUT2D eigenvalue weighted by atomic mass is 32.2. The summed E-state index contributed by atoms with van der Waals surface area (Å²) in [4.78, 5) is -0.0730. The van der Waals surface area contributed by atoms with Gasteiger partial charge < -0.3 is 0 Å². The molecule has 1 heterocycles. The van der Waals surface area contributed by atoms with Gasteiger partial charge in [0, 0.05) is 17.4 Å². The van der Waals surface area contributed by atoms with Crippen molar-refractivity contribution in [1.82, 2.24) is 9.78 Å². The van der Waals surface area contributed by atoms with Gasteiger partial charge in [0.05, 0.1) is 16.3 Å². The van der Waals surface area contributed by atoms with Crippen LogP contribution < -0.4 is 0 Å². The maximum atomic E-state index is 14.8. The topological polar surface area (TPSA) is 52.0 Å². The molecule has 0 saturated carbocycles. The van der Waals surface area contributed by atoms with Crippen LogP contribution in [0.1, 0.15) is 5.69 Å². The molecule has 0 fully saturated rings. The summed E-state index contributed by atoms with van der Waals surface area (Å²) in [6.45, 7) is 0. The highest BCUT2D eigenvalue weighted by Gasteiger charge is 2.62. The molecular weight excluding hydrogens is 494 g/mol. The lowest BCUT2D eigenvalue weighted by Gasteiger charge is -2.19. The number of sulfone groups is 1. The summed E-state index contributed by atoms with van der Waals surface area (Å²) in [5.74, 6) is -6.06. The lowest BCUT2D eigenvalue weighted by molar-refractivity contribution is -0.290. The summed E-state index contributed by atoms with van der Waals surface area (Å²) in [7, 11) is -3.60. The first kappa shape index (κ1) is 24.5. The summed E-state index contributed by atoms with van der Waals surface area (Å²) >= 11 is 0. The van der Waals surface area contributed by atoms with Crippen molar-refractivity contribution in [1.29, 1.82) is 0 Å². The molecule has 0 unspecified atom stereocenters. The Hall–Kier alpha value is -3.60. The fourth-order valence-corrected chi connectivity index (χ4v) is 4.18. The molecule has 0 amide bonds. The molecule has 0 aliphatic rings. The summed E-state index contributed by atoms with van der Waals surface area (Å²) in [6, 6.07) is 16.7. The predicted octanol–water partition coefficient (Wildman–Crippen LogP) is 6.40. The monoisotopic (exact) mass is 510 g/mol. The number of para-hydroxylation sites is 1. The lowest BCUT2D eigenvalue weighted by Crippen LogP contribution is -2.34. The number of alkyl halides is 5. The van der Waals surface area contributed by atoms with Gasteiger partial charge in [0.1, 0.15) is 11.5 Å². The number of rotatable bonds is 5. The number of hydrogen-bond donors (Lipinski definition) is 0. The minimum Gasteiger partial charge on any atom is -0.232 e. The normalized spacial score (nSPS) is 12.7. The van der Waals surface area contributed by atoms with Gasteiger partial charge in [-0.2, -0.15) is 27.1 Å². The number of aromatic nitrogens is 2. The van der Waals surface area contributed by atoms with Crippen molar-refractivity contribution in [2.24, 2.45) is 0 Å². The van der Waals surface area contributed by atoms with E-state index in [1.807, 2.05) is 0 Å². The van der Waals surface area contributed by atoms with Crippen LogP contribution in [-0.4, -0.2) is 30.6 Å². The first-order valence-corrected chi connectivity index (χ1v) is 11.9. The van der Waals surface area contributed by atoms with E-state index in [2.05, 4.69) is 5.10 Å². The molecule has 0 radical (unpaired) electrons. The van der Waals surface area contributed by atoms with Gasteiger partial charge >= 0.3 is 12.1 Å². The van der Waals surface area contributed by atoms with Crippen LogP contribution in [0.5, 0.6) is 0 Å². The van der Waals surface area contributed by atoms with Gasteiger partial charge in [0.15, 0.2) is 9.84 Å². The Morgan fingerprint density at radius 2 is 1.31 bits per heavy atom. The molecular formula is C24H16F6N2O2S. The maximum Gasteiger partial charge on any atom is 0.459 e. The molecule has 4 rings (SSSR count). The van der Waals surface area contributed by atoms with E-state index in [0.717, 1.165) is 35.2 Å². The minimum absolute atomic E-state index is 0.0730. The van der Waals surface area contributed by atoms with Crippen LogP contribution in [0.25, 0.3) is 28.1 Å². The number of benzene rings is 3. The zero-order chi connectivity index (χ0) is 25.6. The van der Waals surface area contributed by atoms with E-state index in [0.29, 0.717) is 0 Å². The second-order valence-corrected chi connectivity index (χ2v) is 9.71. The zero-order valence-corrected chi connectivity index (χ0v) is 18.7. The van der Waals surface area contributed by atoms with Gasteiger partial charge in [0.2, 0.25) is 0 Å². The quantitative estimate of drug-likeness (QED) is 0.292. The van der Waals surface area contributed by atoms with Crippen LogP contribution in [0.2, 0.25) is 0 Å². The molecule has 1 aromatic heterocycles. The molecule has 0 atom stereocenters. The molecule has 0 N–H and O–H groups in total. The molecule has 0 bridgehead atoms. The Morgan fingerprint density at radius 3 is 1.83 bits per heavy atom. The van der Waals surface area contributed by atoms with Crippen molar-refractivity contribution in [3.8, 4) is 28.1 Å². The highest BCUT2D eigenvalue weighted by molar-refractivity contribution is 7.90. The fraction of sp³-hybridized carbons (Fsp3) is 0.125. The molecule has 0 spiro atoms.